The largest absolute Gasteiger partial charge is 0.493 e. The monoisotopic (exact) mass is 481 g/mol. The molecule has 0 heterocycles. The third-order valence-corrected chi connectivity index (χ3v) is 7.61. The lowest BCUT2D eigenvalue weighted by Gasteiger charge is -2.12. The van der Waals surface area contributed by atoms with Crippen LogP contribution in [0, 0.1) is 17.7 Å². The van der Waals surface area contributed by atoms with E-state index in [0.29, 0.717) is 13.2 Å². The molecule has 4 rings (SSSR count). The van der Waals surface area contributed by atoms with Gasteiger partial charge in [-0.25, -0.2) is 12.8 Å². The van der Waals surface area contributed by atoms with Crippen molar-refractivity contribution in [1.82, 2.24) is 5.32 Å². The number of carbonyl (C=O) groups excluding carboxylic acids is 1. The van der Waals surface area contributed by atoms with Crippen molar-refractivity contribution in [2.75, 3.05) is 6.61 Å². The second-order valence-electron chi connectivity index (χ2n) is 9.07. The van der Waals surface area contributed by atoms with E-state index in [2.05, 4.69) is 17.4 Å². The second kappa shape index (κ2) is 9.97. The van der Waals surface area contributed by atoms with Gasteiger partial charge in [-0.2, -0.15) is 0 Å². The van der Waals surface area contributed by atoms with Crippen LogP contribution in [-0.4, -0.2) is 20.9 Å². The molecule has 0 unspecified atom stereocenters. The molecule has 0 saturated heterocycles. The van der Waals surface area contributed by atoms with Crippen molar-refractivity contribution < 1.29 is 22.3 Å². The molecule has 178 valence electrons. The average molecular weight is 482 g/mol. The van der Waals surface area contributed by atoms with Crippen molar-refractivity contribution in [3.63, 3.8) is 0 Å². The van der Waals surface area contributed by atoms with Gasteiger partial charge in [-0.1, -0.05) is 50.2 Å². The molecule has 0 aromatic heterocycles. The number of hydrogen-bond donors (Lipinski definition) is 1. The SMILES string of the molecule is CC(C)COc1cc(F)cc(S(=O)(=O)c2ccc(CNC(=O)C3Cc4ccccc4C3)cc2)c1. The second-order valence-corrected chi connectivity index (χ2v) is 11.0. The van der Waals surface area contributed by atoms with E-state index in [-0.39, 0.29) is 33.3 Å². The van der Waals surface area contributed by atoms with E-state index in [1.165, 1.54) is 35.4 Å². The van der Waals surface area contributed by atoms with E-state index in [1.54, 1.807) is 12.1 Å². The van der Waals surface area contributed by atoms with Crippen molar-refractivity contribution in [1.29, 1.82) is 0 Å². The van der Waals surface area contributed by atoms with Gasteiger partial charge in [-0.3, -0.25) is 4.79 Å². The molecule has 7 heteroatoms. The van der Waals surface area contributed by atoms with Gasteiger partial charge in [0.05, 0.1) is 16.4 Å². The van der Waals surface area contributed by atoms with E-state index in [0.717, 1.165) is 24.5 Å². The molecule has 1 aliphatic rings. The van der Waals surface area contributed by atoms with Gasteiger partial charge in [0.1, 0.15) is 11.6 Å². The van der Waals surface area contributed by atoms with E-state index in [4.69, 9.17) is 4.74 Å². The molecule has 5 nitrogen and oxygen atoms in total. The maximum absolute atomic E-state index is 14.1. The smallest absolute Gasteiger partial charge is 0.224 e. The van der Waals surface area contributed by atoms with Crippen molar-refractivity contribution in [2.45, 2.75) is 43.0 Å². The predicted octanol–water partition coefficient (Wildman–Crippen LogP) is 4.72. The summed E-state index contributed by atoms with van der Waals surface area (Å²) in [6.07, 6.45) is 1.46. The zero-order chi connectivity index (χ0) is 24.3. The zero-order valence-corrected chi connectivity index (χ0v) is 20.1. The first kappa shape index (κ1) is 24.0. The fourth-order valence-corrected chi connectivity index (χ4v) is 5.34. The highest BCUT2D eigenvalue weighted by atomic mass is 32.2. The van der Waals surface area contributed by atoms with Crippen LogP contribution in [-0.2, 0) is 34.0 Å². The van der Waals surface area contributed by atoms with Gasteiger partial charge in [0.2, 0.25) is 15.7 Å². The summed E-state index contributed by atoms with van der Waals surface area (Å²) < 4.78 is 45.7. The van der Waals surface area contributed by atoms with Gasteiger partial charge in [0.15, 0.2) is 0 Å². The summed E-state index contributed by atoms with van der Waals surface area (Å²) in [5.41, 5.74) is 3.21. The van der Waals surface area contributed by atoms with Crippen LogP contribution in [0.25, 0.3) is 0 Å². The van der Waals surface area contributed by atoms with Gasteiger partial charge in [-0.15, -0.1) is 0 Å². The topological polar surface area (TPSA) is 72.5 Å². The van der Waals surface area contributed by atoms with Crippen LogP contribution in [0.1, 0.15) is 30.5 Å². The Morgan fingerprint density at radius 2 is 1.65 bits per heavy atom. The first-order chi connectivity index (χ1) is 16.2. The Bertz CT molecular complexity index is 1260. The Kier molecular flexibility index (Phi) is 7.03. The Morgan fingerprint density at radius 1 is 1.00 bits per heavy atom. The summed E-state index contributed by atoms with van der Waals surface area (Å²) >= 11 is 0. The van der Waals surface area contributed by atoms with Gasteiger partial charge >= 0.3 is 0 Å². The van der Waals surface area contributed by atoms with Gasteiger partial charge < -0.3 is 10.1 Å². The Morgan fingerprint density at radius 3 is 2.26 bits per heavy atom. The van der Waals surface area contributed by atoms with Gasteiger partial charge in [0, 0.05) is 18.5 Å². The molecule has 0 spiro atoms. The number of carbonyl (C=O) groups is 1. The highest BCUT2D eigenvalue weighted by Gasteiger charge is 2.27. The molecule has 0 aliphatic heterocycles. The number of hydrogen-bond acceptors (Lipinski definition) is 4. The van der Waals surface area contributed by atoms with E-state index in [1.807, 2.05) is 26.0 Å². The number of amides is 1. The average Bonchev–Trinajstić information content (AvgIpc) is 3.26. The Balaban J connectivity index is 1.40. The number of rotatable bonds is 8. The first-order valence-electron chi connectivity index (χ1n) is 11.3. The normalized spacial score (nSPS) is 13.6. The Labute approximate surface area is 199 Å². The summed E-state index contributed by atoms with van der Waals surface area (Å²) in [7, 11) is -3.92. The van der Waals surface area contributed by atoms with Gasteiger partial charge in [0.25, 0.3) is 0 Å². The summed E-state index contributed by atoms with van der Waals surface area (Å²) in [5, 5.41) is 2.95. The molecule has 0 fully saturated rings. The lowest BCUT2D eigenvalue weighted by Crippen LogP contribution is -2.30. The summed E-state index contributed by atoms with van der Waals surface area (Å²) in [6, 6.07) is 17.9. The molecule has 0 bridgehead atoms. The number of fused-ring (bicyclic) bond motifs is 1. The molecule has 0 radical (unpaired) electrons. The third kappa shape index (κ3) is 5.47. The molecule has 3 aromatic carbocycles. The lowest BCUT2D eigenvalue weighted by atomic mass is 10.1. The van der Waals surface area contributed by atoms with Crippen molar-refractivity contribution in [2.24, 2.45) is 11.8 Å². The van der Waals surface area contributed by atoms with E-state index >= 15 is 0 Å². The minimum absolute atomic E-state index is 0.0124. The maximum Gasteiger partial charge on any atom is 0.224 e. The fourth-order valence-electron chi connectivity index (χ4n) is 4.04. The molecule has 1 aliphatic carbocycles. The lowest BCUT2D eigenvalue weighted by molar-refractivity contribution is -0.124. The van der Waals surface area contributed by atoms with Crippen molar-refractivity contribution in [3.05, 3.63) is 89.2 Å². The predicted molar refractivity (Wildman–Crippen MR) is 128 cm³/mol. The van der Waals surface area contributed by atoms with E-state index < -0.39 is 15.7 Å². The minimum atomic E-state index is -3.92. The fraction of sp³-hybridized carbons (Fsp3) is 0.296. The zero-order valence-electron chi connectivity index (χ0n) is 19.3. The van der Waals surface area contributed by atoms with Crippen LogP contribution < -0.4 is 10.1 Å². The molecule has 34 heavy (non-hydrogen) atoms. The van der Waals surface area contributed by atoms with Crippen LogP contribution in [0.4, 0.5) is 4.39 Å². The van der Waals surface area contributed by atoms with E-state index in [9.17, 15) is 17.6 Å². The Hall–Kier alpha value is -3.19. The number of benzene rings is 3. The summed E-state index contributed by atoms with van der Waals surface area (Å²) in [6.45, 7) is 4.57. The number of sulfone groups is 1. The van der Waals surface area contributed by atoms with Crippen LogP contribution in [0.5, 0.6) is 5.75 Å². The molecule has 3 aromatic rings. The van der Waals surface area contributed by atoms with Crippen LogP contribution >= 0.6 is 0 Å². The van der Waals surface area contributed by atoms with Crippen LogP contribution in [0.15, 0.2) is 76.5 Å². The quantitative estimate of drug-likeness (QED) is 0.505. The molecule has 0 atom stereocenters. The number of nitrogens with one attached hydrogen (secondary N) is 1. The summed E-state index contributed by atoms with van der Waals surface area (Å²) in [5.74, 6) is -0.368. The standard InChI is InChI=1S/C27H28FNO4S/c1-18(2)17-33-24-13-23(28)14-26(15-24)34(31,32)25-9-7-19(8-10-25)16-29-27(30)22-11-20-5-3-4-6-21(20)12-22/h3-10,13-15,18,22H,11-12,16-17H2,1-2H3,(H,29,30). The number of ether oxygens (including phenoxy) is 1. The first-order valence-corrected chi connectivity index (χ1v) is 12.8. The van der Waals surface area contributed by atoms with Gasteiger partial charge in [-0.05, 0) is 59.7 Å². The molecule has 1 N–H and O–H groups in total. The molecule has 0 saturated carbocycles. The highest BCUT2D eigenvalue weighted by molar-refractivity contribution is 7.91. The summed E-state index contributed by atoms with van der Waals surface area (Å²) in [4.78, 5) is 12.5. The minimum Gasteiger partial charge on any atom is -0.493 e. The molecular weight excluding hydrogens is 453 g/mol. The molecular formula is C27H28FNO4S. The van der Waals surface area contributed by atoms with Crippen molar-refractivity contribution in [3.8, 4) is 5.75 Å². The highest BCUT2D eigenvalue weighted by Crippen LogP contribution is 2.28. The molecule has 1 amide bonds. The van der Waals surface area contributed by atoms with Crippen LogP contribution in [0.3, 0.4) is 0 Å². The number of halogens is 1. The van der Waals surface area contributed by atoms with Crippen molar-refractivity contribution >= 4 is 15.7 Å². The maximum atomic E-state index is 14.1. The third-order valence-electron chi connectivity index (χ3n) is 5.86. The van der Waals surface area contributed by atoms with Crippen LogP contribution in [0.2, 0.25) is 0 Å².